The molecule has 1 heteroatoms. The van der Waals surface area contributed by atoms with Gasteiger partial charge >= 0.3 is 0 Å². The second kappa shape index (κ2) is 5.78. The Hall–Kier alpha value is -0.980. The van der Waals surface area contributed by atoms with E-state index in [2.05, 4.69) is 18.5 Å². The predicted molar refractivity (Wildman–Crippen MR) is 51.4 cm³/mol. The third-order valence-corrected chi connectivity index (χ3v) is 1.51. The summed E-state index contributed by atoms with van der Waals surface area (Å²) in [5.41, 5.74) is 2.43. The molecule has 0 spiro atoms. The number of hydrogen-bond acceptors (Lipinski definition) is 1. The van der Waals surface area contributed by atoms with Crippen LogP contribution in [0.4, 0.5) is 0 Å². The Morgan fingerprint density at radius 3 is 2.27 bits per heavy atom. The summed E-state index contributed by atoms with van der Waals surface area (Å²) in [6.45, 7) is 12.4. The Morgan fingerprint density at radius 2 is 1.91 bits per heavy atom. The van der Waals surface area contributed by atoms with Crippen molar-refractivity contribution < 1.29 is 0 Å². The summed E-state index contributed by atoms with van der Waals surface area (Å²) in [6, 6.07) is 0. The number of allylic oxidation sites excluding steroid dienone is 2. The van der Waals surface area contributed by atoms with Gasteiger partial charge in [-0.15, -0.1) is 0 Å². The Bertz CT molecular complexity index is 148. The summed E-state index contributed by atoms with van der Waals surface area (Å²) >= 11 is 0. The van der Waals surface area contributed by atoms with Crippen molar-refractivity contribution in [1.82, 2.24) is 5.32 Å². The molecule has 0 unspecified atom stereocenters. The Labute approximate surface area is 69.5 Å². The van der Waals surface area contributed by atoms with E-state index in [-0.39, 0.29) is 0 Å². The molecular weight excluding hydrogens is 134 g/mol. The van der Waals surface area contributed by atoms with Crippen LogP contribution in [0.3, 0.4) is 0 Å². The molecule has 0 saturated carbocycles. The van der Waals surface area contributed by atoms with E-state index in [0.717, 1.165) is 18.7 Å². The molecule has 1 aliphatic heterocycles. The third kappa shape index (κ3) is 2.62. The van der Waals surface area contributed by atoms with Gasteiger partial charge in [-0.1, -0.05) is 33.1 Å². The largest absolute Gasteiger partial charge is 0.385 e. The Balaban J connectivity index is 0.000000461. The van der Waals surface area contributed by atoms with Gasteiger partial charge in [-0.3, -0.25) is 0 Å². The summed E-state index contributed by atoms with van der Waals surface area (Å²) in [6.07, 6.45) is 4.81. The van der Waals surface area contributed by atoms with Gasteiger partial charge in [0.1, 0.15) is 0 Å². The van der Waals surface area contributed by atoms with Crippen molar-refractivity contribution in [2.75, 3.05) is 6.54 Å². The van der Waals surface area contributed by atoms with E-state index >= 15 is 0 Å². The maximum atomic E-state index is 3.70. The molecule has 1 heterocycles. The predicted octanol–water partition coefficient (Wildman–Crippen LogP) is 2.63. The minimum absolute atomic E-state index is 1.03. The summed E-state index contributed by atoms with van der Waals surface area (Å²) in [5, 5.41) is 3.20. The van der Waals surface area contributed by atoms with Gasteiger partial charge in [-0.25, -0.2) is 0 Å². The normalized spacial score (nSPS) is 14.7. The molecule has 1 N–H and O–H groups in total. The minimum atomic E-state index is 1.03. The zero-order valence-electron chi connectivity index (χ0n) is 7.48. The fourth-order valence-corrected chi connectivity index (χ4v) is 0.995. The Kier molecular flexibility index (Phi) is 5.26. The molecule has 0 aromatic rings. The fourth-order valence-electron chi connectivity index (χ4n) is 0.995. The first kappa shape index (κ1) is 10.0. The van der Waals surface area contributed by atoms with E-state index in [1.807, 2.05) is 26.0 Å². The molecule has 0 aliphatic carbocycles. The van der Waals surface area contributed by atoms with Gasteiger partial charge in [0.2, 0.25) is 0 Å². The van der Waals surface area contributed by atoms with Crippen molar-refractivity contribution >= 4 is 0 Å². The van der Waals surface area contributed by atoms with Crippen molar-refractivity contribution in [1.29, 1.82) is 0 Å². The first-order valence-electron chi connectivity index (χ1n) is 4.10. The van der Waals surface area contributed by atoms with E-state index in [9.17, 15) is 0 Å². The van der Waals surface area contributed by atoms with Crippen LogP contribution in [0.15, 0.2) is 36.6 Å². The van der Waals surface area contributed by atoms with Gasteiger partial charge in [0.05, 0.1) is 0 Å². The maximum Gasteiger partial charge on any atom is 0.0367 e. The van der Waals surface area contributed by atoms with Gasteiger partial charge in [-0.2, -0.15) is 0 Å². The molecule has 1 aliphatic rings. The number of hydrogen-bond donors (Lipinski definition) is 1. The first-order chi connectivity index (χ1) is 5.38. The molecule has 0 fully saturated rings. The first-order valence-corrected chi connectivity index (χ1v) is 4.10. The van der Waals surface area contributed by atoms with Crippen LogP contribution in [-0.4, -0.2) is 6.54 Å². The van der Waals surface area contributed by atoms with Crippen LogP contribution < -0.4 is 5.32 Å². The van der Waals surface area contributed by atoms with Crippen LogP contribution in [0, 0.1) is 0 Å². The lowest BCUT2D eigenvalue weighted by atomic mass is 10.2. The fraction of sp³-hybridized carbons (Fsp3) is 0.400. The van der Waals surface area contributed by atoms with Crippen molar-refractivity contribution in [2.45, 2.75) is 20.3 Å². The highest BCUT2D eigenvalue weighted by molar-refractivity contribution is 5.33. The van der Waals surface area contributed by atoms with Crippen LogP contribution in [0.2, 0.25) is 0 Å². The smallest absolute Gasteiger partial charge is 0.0367 e. The van der Waals surface area contributed by atoms with Gasteiger partial charge in [0.15, 0.2) is 0 Å². The van der Waals surface area contributed by atoms with Crippen LogP contribution in [0.1, 0.15) is 20.3 Å². The number of rotatable bonds is 2. The van der Waals surface area contributed by atoms with Gasteiger partial charge in [-0.05, 0) is 18.1 Å². The Morgan fingerprint density at radius 1 is 1.27 bits per heavy atom. The molecule has 62 valence electrons. The highest BCUT2D eigenvalue weighted by Gasteiger charge is 2.05. The molecule has 11 heavy (non-hydrogen) atoms. The van der Waals surface area contributed by atoms with Gasteiger partial charge in [0.25, 0.3) is 0 Å². The summed E-state index contributed by atoms with van der Waals surface area (Å²) in [4.78, 5) is 0. The van der Waals surface area contributed by atoms with Crippen molar-refractivity contribution in [3.8, 4) is 0 Å². The van der Waals surface area contributed by atoms with E-state index < -0.39 is 0 Å². The molecule has 0 bridgehead atoms. The van der Waals surface area contributed by atoms with Crippen molar-refractivity contribution in [2.24, 2.45) is 0 Å². The number of nitrogens with one attached hydrogen (secondary N) is 1. The standard InChI is InChI=1S/C8H11N.C2H6/c1-3-7-5-6-9-8(7)4-2;1-2/h3-4,9H,1-2,5-6H2;1-2H3. The monoisotopic (exact) mass is 151 g/mol. The summed E-state index contributed by atoms with van der Waals surface area (Å²) in [5.74, 6) is 0. The molecule has 0 atom stereocenters. The van der Waals surface area contributed by atoms with Crippen molar-refractivity contribution in [3.63, 3.8) is 0 Å². The molecule has 0 aromatic carbocycles. The lowest BCUT2D eigenvalue weighted by Crippen LogP contribution is -2.04. The van der Waals surface area contributed by atoms with Gasteiger partial charge < -0.3 is 5.32 Å². The second-order valence-electron chi connectivity index (χ2n) is 2.02. The van der Waals surface area contributed by atoms with E-state index in [4.69, 9.17) is 0 Å². The highest BCUT2D eigenvalue weighted by atomic mass is 14.9. The molecule has 1 rings (SSSR count). The third-order valence-electron chi connectivity index (χ3n) is 1.51. The minimum Gasteiger partial charge on any atom is -0.385 e. The highest BCUT2D eigenvalue weighted by Crippen LogP contribution is 2.13. The summed E-state index contributed by atoms with van der Waals surface area (Å²) < 4.78 is 0. The van der Waals surface area contributed by atoms with Crippen LogP contribution in [0.5, 0.6) is 0 Å². The lowest BCUT2D eigenvalue weighted by Gasteiger charge is -1.94. The summed E-state index contributed by atoms with van der Waals surface area (Å²) in [7, 11) is 0. The topological polar surface area (TPSA) is 12.0 Å². The molecule has 1 nitrogen and oxygen atoms in total. The SMILES string of the molecule is C=CC1=C(C=C)NCC1.CC. The van der Waals surface area contributed by atoms with Crippen LogP contribution in [0.25, 0.3) is 0 Å². The van der Waals surface area contributed by atoms with Crippen LogP contribution >= 0.6 is 0 Å². The van der Waals surface area contributed by atoms with Crippen molar-refractivity contribution in [3.05, 3.63) is 36.6 Å². The van der Waals surface area contributed by atoms with E-state index in [0.29, 0.717) is 0 Å². The van der Waals surface area contributed by atoms with Crippen LogP contribution in [-0.2, 0) is 0 Å². The molecule has 0 amide bonds. The van der Waals surface area contributed by atoms with E-state index in [1.54, 1.807) is 0 Å². The molecule has 0 saturated heterocycles. The maximum absolute atomic E-state index is 3.70. The zero-order chi connectivity index (χ0) is 8.69. The van der Waals surface area contributed by atoms with E-state index in [1.165, 1.54) is 5.57 Å². The zero-order valence-corrected chi connectivity index (χ0v) is 7.48. The molecular formula is C10H17N. The lowest BCUT2D eigenvalue weighted by molar-refractivity contribution is 0.889. The van der Waals surface area contributed by atoms with Gasteiger partial charge in [0, 0.05) is 12.2 Å². The second-order valence-corrected chi connectivity index (χ2v) is 2.02. The average Bonchev–Trinajstić information content (AvgIpc) is 2.54. The quantitative estimate of drug-likeness (QED) is 0.639. The molecule has 0 radical (unpaired) electrons. The average molecular weight is 151 g/mol. The molecule has 0 aromatic heterocycles.